The van der Waals surface area contributed by atoms with E-state index in [0.29, 0.717) is 11.3 Å². The highest BCUT2D eigenvalue weighted by Gasteiger charge is 2.40. The number of alkyl halides is 3. The minimum absolute atomic E-state index is 0.0646. The van der Waals surface area contributed by atoms with Crippen molar-refractivity contribution in [1.29, 1.82) is 0 Å². The summed E-state index contributed by atoms with van der Waals surface area (Å²) in [6.45, 7) is 0. The maximum atomic E-state index is 13.5. The summed E-state index contributed by atoms with van der Waals surface area (Å²) < 4.78 is 74.3. The Labute approximate surface area is 164 Å². The van der Waals surface area contributed by atoms with Gasteiger partial charge in [0.05, 0.1) is 5.69 Å². The number of carboxylic acids is 1. The number of rotatable bonds is 5. The molecule has 0 unspecified atom stereocenters. The lowest BCUT2D eigenvalue weighted by molar-refractivity contribution is -0.133. The highest BCUT2D eigenvalue weighted by molar-refractivity contribution is 7.87. The minimum Gasteiger partial charge on any atom is -0.476 e. The predicted molar refractivity (Wildman–Crippen MR) is 97.5 cm³/mol. The third-order valence-corrected chi connectivity index (χ3v) is 6.21. The Morgan fingerprint density at radius 3 is 2.25 bits per heavy atom. The minimum atomic E-state index is -5.12. The Morgan fingerprint density at radius 1 is 1.11 bits per heavy atom. The van der Waals surface area contributed by atoms with Crippen molar-refractivity contribution in [1.82, 2.24) is 4.98 Å². The molecule has 7 nitrogen and oxygen atoms in total. The molecular weight excluding hydrogens is 441 g/mol. The molecule has 0 aliphatic rings. The fourth-order valence-corrected chi connectivity index (χ4v) is 5.12. The van der Waals surface area contributed by atoms with E-state index in [0.717, 1.165) is 10.8 Å². The standard InChI is InChI=1S/C15H9F3N2O5S3/c16-15(17,18)12-11(8-4-2-1-3-5-8)10(7-26-12)20(28(23,24)25)14-19-9(6-27-14)13(21)22/h1-7H,(H,21,22)(H,23,24,25). The van der Waals surface area contributed by atoms with E-state index in [2.05, 4.69) is 4.98 Å². The Morgan fingerprint density at radius 2 is 1.75 bits per heavy atom. The largest absolute Gasteiger partial charge is 0.476 e. The van der Waals surface area contributed by atoms with E-state index < -0.39 is 49.4 Å². The topological polar surface area (TPSA) is 108 Å². The van der Waals surface area contributed by atoms with Crippen LogP contribution in [-0.4, -0.2) is 29.0 Å². The molecule has 0 atom stereocenters. The van der Waals surface area contributed by atoms with Crippen molar-refractivity contribution in [3.8, 4) is 11.1 Å². The molecule has 0 bridgehead atoms. The van der Waals surface area contributed by atoms with Crippen LogP contribution in [-0.2, 0) is 16.5 Å². The summed E-state index contributed by atoms with van der Waals surface area (Å²) in [6.07, 6.45) is -4.78. The van der Waals surface area contributed by atoms with E-state index in [1.54, 1.807) is 6.07 Å². The maximum Gasteiger partial charge on any atom is 0.426 e. The zero-order chi connectivity index (χ0) is 20.7. The van der Waals surface area contributed by atoms with Crippen LogP contribution < -0.4 is 4.31 Å². The van der Waals surface area contributed by atoms with Gasteiger partial charge in [-0.05, 0) is 5.56 Å². The number of aromatic nitrogens is 1. The van der Waals surface area contributed by atoms with Crippen LogP contribution in [0.1, 0.15) is 15.4 Å². The molecule has 28 heavy (non-hydrogen) atoms. The number of nitrogens with zero attached hydrogens (tertiary/aromatic N) is 2. The van der Waals surface area contributed by atoms with Gasteiger partial charge in [0.2, 0.25) is 5.13 Å². The number of carbonyl (C=O) groups is 1. The molecule has 0 radical (unpaired) electrons. The summed E-state index contributed by atoms with van der Waals surface area (Å²) in [5, 5.41) is 10.4. The number of thiophene rings is 1. The zero-order valence-electron chi connectivity index (χ0n) is 13.4. The second-order valence-electron chi connectivity index (χ2n) is 5.25. The molecule has 0 amide bonds. The average molecular weight is 450 g/mol. The second kappa shape index (κ2) is 7.16. The normalized spacial score (nSPS) is 12.1. The summed E-state index contributed by atoms with van der Waals surface area (Å²) >= 11 is 0.795. The van der Waals surface area contributed by atoms with Gasteiger partial charge in [-0.3, -0.25) is 4.55 Å². The highest BCUT2D eigenvalue weighted by atomic mass is 32.2. The van der Waals surface area contributed by atoms with Gasteiger partial charge < -0.3 is 5.11 Å². The molecule has 2 aromatic heterocycles. The lowest BCUT2D eigenvalue weighted by Gasteiger charge is -2.19. The van der Waals surface area contributed by atoms with Gasteiger partial charge in [0.1, 0.15) is 4.88 Å². The van der Waals surface area contributed by atoms with Gasteiger partial charge in [0.25, 0.3) is 0 Å². The fourth-order valence-electron chi connectivity index (χ4n) is 2.37. The molecule has 0 saturated carbocycles. The molecule has 0 aliphatic heterocycles. The Kier molecular flexibility index (Phi) is 5.18. The van der Waals surface area contributed by atoms with E-state index in [4.69, 9.17) is 5.11 Å². The monoisotopic (exact) mass is 450 g/mol. The van der Waals surface area contributed by atoms with Crippen LogP contribution >= 0.6 is 22.7 Å². The number of anilines is 2. The van der Waals surface area contributed by atoms with Crippen LogP contribution in [0.4, 0.5) is 24.0 Å². The van der Waals surface area contributed by atoms with Crippen LogP contribution in [0.5, 0.6) is 0 Å². The van der Waals surface area contributed by atoms with Crippen LogP contribution in [0.3, 0.4) is 0 Å². The molecule has 0 fully saturated rings. The quantitative estimate of drug-likeness (QED) is 0.553. The maximum absolute atomic E-state index is 13.5. The molecule has 2 heterocycles. The number of carboxylic acid groups (broad SMARTS) is 1. The summed E-state index contributed by atoms with van der Waals surface area (Å²) in [7, 11) is -5.12. The van der Waals surface area contributed by atoms with Crippen LogP contribution in [0.25, 0.3) is 11.1 Å². The SMILES string of the molecule is O=C(O)c1csc(N(c2csc(C(F)(F)F)c2-c2ccccc2)S(=O)(=O)O)n1. The van der Waals surface area contributed by atoms with Gasteiger partial charge in [-0.25, -0.2) is 9.78 Å². The first kappa shape index (κ1) is 20.3. The van der Waals surface area contributed by atoms with Gasteiger partial charge in [-0.1, -0.05) is 30.3 Å². The lowest BCUT2D eigenvalue weighted by atomic mass is 10.0. The van der Waals surface area contributed by atoms with E-state index in [1.807, 2.05) is 0 Å². The number of thiazole rings is 1. The average Bonchev–Trinajstić information content (AvgIpc) is 3.22. The third kappa shape index (κ3) is 3.87. The number of hydrogen-bond acceptors (Lipinski definition) is 6. The third-order valence-electron chi connectivity index (χ3n) is 3.43. The summed E-state index contributed by atoms with van der Waals surface area (Å²) in [5.74, 6) is -1.46. The van der Waals surface area contributed by atoms with Crippen molar-refractivity contribution in [2.24, 2.45) is 0 Å². The van der Waals surface area contributed by atoms with Crippen molar-refractivity contribution >= 4 is 49.8 Å². The fraction of sp³-hybridized carbons (Fsp3) is 0.0667. The van der Waals surface area contributed by atoms with Crippen LogP contribution in [0.2, 0.25) is 0 Å². The number of aromatic carboxylic acids is 1. The van der Waals surface area contributed by atoms with Gasteiger partial charge >= 0.3 is 22.4 Å². The first-order valence-electron chi connectivity index (χ1n) is 7.21. The molecule has 3 rings (SSSR count). The van der Waals surface area contributed by atoms with Gasteiger partial charge in [0, 0.05) is 16.3 Å². The smallest absolute Gasteiger partial charge is 0.426 e. The molecule has 1 aromatic carbocycles. The molecule has 0 aliphatic carbocycles. The van der Waals surface area contributed by atoms with Gasteiger partial charge in [-0.2, -0.15) is 25.9 Å². The summed E-state index contributed by atoms with van der Waals surface area (Å²) in [5.41, 5.74) is -1.41. The Balaban J connectivity index is 2.30. The van der Waals surface area contributed by atoms with Gasteiger partial charge in [0.15, 0.2) is 5.69 Å². The number of halogens is 3. The molecule has 0 saturated heterocycles. The predicted octanol–water partition coefficient (Wildman–Crippen LogP) is 4.53. The highest BCUT2D eigenvalue weighted by Crippen LogP contribution is 2.49. The lowest BCUT2D eigenvalue weighted by Crippen LogP contribution is -2.25. The van der Waals surface area contributed by atoms with E-state index in [1.165, 1.54) is 24.3 Å². The van der Waals surface area contributed by atoms with E-state index in [9.17, 15) is 30.9 Å². The Bertz CT molecular complexity index is 1120. The van der Waals surface area contributed by atoms with Crippen LogP contribution in [0, 0.1) is 0 Å². The van der Waals surface area contributed by atoms with Crippen molar-refractivity contribution < 1.29 is 36.0 Å². The Hall–Kier alpha value is -2.48. The molecular formula is C15H9F3N2O5S3. The van der Waals surface area contributed by atoms with E-state index >= 15 is 0 Å². The zero-order valence-corrected chi connectivity index (χ0v) is 15.9. The number of hydrogen-bond donors (Lipinski definition) is 2. The number of benzene rings is 1. The van der Waals surface area contributed by atoms with Crippen molar-refractivity contribution in [2.75, 3.05) is 4.31 Å². The van der Waals surface area contributed by atoms with Crippen molar-refractivity contribution in [2.45, 2.75) is 6.18 Å². The van der Waals surface area contributed by atoms with Crippen molar-refractivity contribution in [3.63, 3.8) is 0 Å². The summed E-state index contributed by atoms with van der Waals surface area (Å²) in [6, 6.07) is 7.23. The van der Waals surface area contributed by atoms with Crippen LogP contribution in [0.15, 0.2) is 41.1 Å². The van der Waals surface area contributed by atoms with E-state index in [-0.39, 0.29) is 21.2 Å². The molecule has 2 N–H and O–H groups in total. The second-order valence-corrected chi connectivity index (χ2v) is 8.23. The molecule has 148 valence electrons. The molecule has 0 spiro atoms. The first-order chi connectivity index (χ1) is 13.0. The van der Waals surface area contributed by atoms with Gasteiger partial charge in [-0.15, -0.1) is 22.7 Å². The molecule has 3 aromatic rings. The first-order valence-corrected chi connectivity index (χ1v) is 10.4. The summed E-state index contributed by atoms with van der Waals surface area (Å²) in [4.78, 5) is 13.5. The molecule has 13 heteroatoms. The van der Waals surface area contributed by atoms with Crippen molar-refractivity contribution in [3.05, 3.63) is 51.7 Å².